The molecular formula is C38H29NS. The molecule has 2 heteroatoms. The minimum absolute atomic E-state index is 0.961. The van der Waals surface area contributed by atoms with Gasteiger partial charge < -0.3 is 4.98 Å². The number of aromatic nitrogens is 1. The van der Waals surface area contributed by atoms with Gasteiger partial charge in [-0.1, -0.05) is 91.9 Å². The lowest BCUT2D eigenvalue weighted by molar-refractivity contribution is 1.25. The van der Waals surface area contributed by atoms with Crippen molar-refractivity contribution >= 4 is 59.6 Å². The minimum atomic E-state index is 0.961. The van der Waals surface area contributed by atoms with E-state index in [1.165, 1.54) is 64.6 Å². The second-order valence-electron chi connectivity index (χ2n) is 10.2. The molecule has 40 heavy (non-hydrogen) atoms. The van der Waals surface area contributed by atoms with E-state index in [9.17, 15) is 0 Å². The molecule has 0 fully saturated rings. The molecule has 4 aromatic carbocycles. The van der Waals surface area contributed by atoms with E-state index in [-0.39, 0.29) is 0 Å². The number of hydrogen-bond donors (Lipinski definition) is 1. The highest BCUT2D eigenvalue weighted by molar-refractivity contribution is 7.26. The highest BCUT2D eigenvalue weighted by Gasteiger charge is 2.15. The molecule has 0 saturated carbocycles. The van der Waals surface area contributed by atoms with Crippen LogP contribution in [0.15, 0.2) is 121 Å². The molecule has 1 nitrogen and oxygen atoms in total. The van der Waals surface area contributed by atoms with Crippen LogP contribution in [-0.4, -0.2) is 4.98 Å². The average molecular weight is 532 g/mol. The maximum Gasteiger partial charge on any atom is 0.0462 e. The summed E-state index contributed by atoms with van der Waals surface area (Å²) in [7, 11) is 0. The van der Waals surface area contributed by atoms with E-state index in [1.54, 1.807) is 0 Å². The predicted molar refractivity (Wildman–Crippen MR) is 176 cm³/mol. The van der Waals surface area contributed by atoms with Gasteiger partial charge in [0.25, 0.3) is 0 Å². The number of aryl methyl sites for hydroxylation is 1. The second kappa shape index (κ2) is 10.2. The van der Waals surface area contributed by atoms with Crippen LogP contribution >= 0.6 is 11.3 Å². The van der Waals surface area contributed by atoms with Gasteiger partial charge in [0.15, 0.2) is 0 Å². The molecule has 7 rings (SSSR count). The van der Waals surface area contributed by atoms with Crippen LogP contribution in [0.25, 0.3) is 59.4 Å². The predicted octanol–water partition coefficient (Wildman–Crippen LogP) is 11.1. The highest BCUT2D eigenvalue weighted by Crippen LogP contribution is 2.40. The van der Waals surface area contributed by atoms with Gasteiger partial charge >= 0.3 is 0 Å². The quantitative estimate of drug-likeness (QED) is 0.213. The molecule has 192 valence electrons. The van der Waals surface area contributed by atoms with Crippen LogP contribution in [0.3, 0.4) is 0 Å². The molecule has 0 aliphatic heterocycles. The molecule has 1 N–H and O–H groups in total. The summed E-state index contributed by atoms with van der Waals surface area (Å²) in [5.74, 6) is 0. The van der Waals surface area contributed by atoms with E-state index in [4.69, 9.17) is 0 Å². The zero-order valence-corrected chi connectivity index (χ0v) is 23.5. The average Bonchev–Trinajstić information content (AvgIpc) is 3.38. The molecule has 0 atom stereocenters. The van der Waals surface area contributed by atoms with Gasteiger partial charge in [-0.05, 0) is 77.6 Å². The number of H-pyrrole nitrogens is 1. The van der Waals surface area contributed by atoms with Gasteiger partial charge in [-0.2, -0.15) is 0 Å². The molecule has 0 amide bonds. The lowest BCUT2D eigenvalue weighted by Crippen LogP contribution is -1.88. The van der Waals surface area contributed by atoms with Crippen molar-refractivity contribution in [1.82, 2.24) is 4.98 Å². The van der Waals surface area contributed by atoms with Crippen molar-refractivity contribution in [3.63, 3.8) is 0 Å². The topological polar surface area (TPSA) is 15.8 Å². The molecule has 0 spiro atoms. The fourth-order valence-electron chi connectivity index (χ4n) is 5.84. The number of hydrogen-bond acceptors (Lipinski definition) is 1. The van der Waals surface area contributed by atoms with Crippen LogP contribution in [0.1, 0.15) is 35.7 Å². The minimum Gasteiger partial charge on any atom is -0.358 e. The molecular weight excluding hydrogens is 502 g/mol. The summed E-state index contributed by atoms with van der Waals surface area (Å²) in [4.78, 5) is 3.65. The number of rotatable bonds is 5. The molecule has 0 unspecified atom stereocenters. The summed E-state index contributed by atoms with van der Waals surface area (Å²) < 4.78 is 2.72. The lowest BCUT2D eigenvalue weighted by atomic mass is 9.93. The van der Waals surface area contributed by atoms with E-state index < -0.39 is 0 Å². The zero-order chi connectivity index (χ0) is 27.1. The first-order valence-corrected chi connectivity index (χ1v) is 14.7. The van der Waals surface area contributed by atoms with Gasteiger partial charge in [-0.25, -0.2) is 0 Å². The van der Waals surface area contributed by atoms with Crippen LogP contribution in [0.2, 0.25) is 0 Å². The Labute approximate surface area is 238 Å². The van der Waals surface area contributed by atoms with Gasteiger partial charge in [0.2, 0.25) is 0 Å². The Bertz CT molecular complexity index is 2080. The Morgan fingerprint density at radius 1 is 0.825 bits per heavy atom. The third-order valence-corrected chi connectivity index (χ3v) is 9.05. The number of aromatic amines is 1. The van der Waals surface area contributed by atoms with Gasteiger partial charge in [0.1, 0.15) is 0 Å². The Morgan fingerprint density at radius 3 is 2.55 bits per heavy atom. The third kappa shape index (κ3) is 4.19. The number of benzene rings is 4. The summed E-state index contributed by atoms with van der Waals surface area (Å²) in [6, 6.07) is 30.9. The van der Waals surface area contributed by atoms with Crippen molar-refractivity contribution in [3.05, 3.63) is 143 Å². The molecule has 1 aliphatic rings. The van der Waals surface area contributed by atoms with Gasteiger partial charge in [-0.3, -0.25) is 0 Å². The fraction of sp³-hybridized carbons (Fsp3) is 0.0789. The fourth-order valence-corrected chi connectivity index (χ4v) is 7.09. The molecule has 1 aliphatic carbocycles. The first-order chi connectivity index (χ1) is 19.7. The Kier molecular flexibility index (Phi) is 6.21. The van der Waals surface area contributed by atoms with Gasteiger partial charge in [-0.15, -0.1) is 17.1 Å². The van der Waals surface area contributed by atoms with Crippen molar-refractivity contribution in [2.24, 2.45) is 0 Å². The molecule has 6 aromatic rings. The maximum atomic E-state index is 3.65. The number of allylic oxidation sites excluding steroid dienone is 6. The van der Waals surface area contributed by atoms with Crippen LogP contribution < -0.4 is 0 Å². The van der Waals surface area contributed by atoms with Crippen LogP contribution in [0, 0.1) is 6.92 Å². The molecule has 0 bridgehead atoms. The molecule has 0 radical (unpaired) electrons. The van der Waals surface area contributed by atoms with E-state index in [1.807, 2.05) is 29.6 Å². The Morgan fingerprint density at radius 2 is 1.65 bits per heavy atom. The van der Waals surface area contributed by atoms with Crippen molar-refractivity contribution in [3.8, 4) is 11.1 Å². The first-order valence-electron chi connectivity index (χ1n) is 13.8. The number of nitrogens with one attached hydrogen (secondary N) is 1. The second-order valence-corrected chi connectivity index (χ2v) is 11.3. The van der Waals surface area contributed by atoms with E-state index >= 15 is 0 Å². The lowest BCUT2D eigenvalue weighted by Gasteiger charge is -2.11. The summed E-state index contributed by atoms with van der Waals surface area (Å²) in [6.45, 7) is 4.45. The van der Waals surface area contributed by atoms with Crippen molar-refractivity contribution in [1.29, 1.82) is 0 Å². The van der Waals surface area contributed by atoms with E-state index in [0.29, 0.717) is 0 Å². The van der Waals surface area contributed by atoms with Gasteiger partial charge in [0.05, 0.1) is 0 Å². The van der Waals surface area contributed by atoms with Crippen molar-refractivity contribution in [2.45, 2.75) is 20.3 Å². The third-order valence-electron chi connectivity index (χ3n) is 7.83. The van der Waals surface area contributed by atoms with Crippen LogP contribution in [0.5, 0.6) is 0 Å². The molecule has 2 aromatic heterocycles. The summed E-state index contributed by atoms with van der Waals surface area (Å²) >= 11 is 1.90. The van der Waals surface area contributed by atoms with E-state index in [2.05, 4.69) is 128 Å². The summed E-state index contributed by atoms with van der Waals surface area (Å²) in [6.07, 6.45) is 13.6. The van der Waals surface area contributed by atoms with Gasteiger partial charge in [0, 0.05) is 47.9 Å². The molecule has 0 saturated heterocycles. The Hall–Kier alpha value is -4.62. The van der Waals surface area contributed by atoms with Crippen LogP contribution in [-0.2, 0) is 0 Å². The van der Waals surface area contributed by atoms with Crippen molar-refractivity contribution < 1.29 is 0 Å². The number of fused-ring (bicyclic) bond motifs is 4. The van der Waals surface area contributed by atoms with Crippen LogP contribution in [0.4, 0.5) is 0 Å². The smallest absolute Gasteiger partial charge is 0.0462 e. The van der Waals surface area contributed by atoms with Crippen molar-refractivity contribution in [2.75, 3.05) is 0 Å². The standard InChI is InChI=1S/C38H29NS/c1-3-26(31-18-12-19-33-32-17-10-11-20-37(32)40-38(31)33)23-34-25(2)39-36-22-21-28(24-35(34)36)30-16-9-8-15-29(30)27-13-6-4-5-7-14-27/h4-13,15-24,39H,3H2,1-2H3/b26-23+. The monoisotopic (exact) mass is 531 g/mol. The first kappa shape index (κ1) is 24.4. The number of thiophene rings is 1. The largest absolute Gasteiger partial charge is 0.358 e. The summed E-state index contributed by atoms with van der Waals surface area (Å²) in [5.41, 5.74) is 14.5. The zero-order valence-electron chi connectivity index (χ0n) is 22.7. The highest BCUT2D eigenvalue weighted by atomic mass is 32.1. The Balaban J connectivity index is 1.39. The maximum absolute atomic E-state index is 3.65. The summed E-state index contributed by atoms with van der Waals surface area (Å²) in [5, 5.41) is 3.94. The van der Waals surface area contributed by atoms with E-state index in [0.717, 1.165) is 17.5 Å². The molecule has 2 heterocycles. The normalized spacial score (nSPS) is 13.4. The SMILES string of the molecule is CC/C(=C\c1c(C)[nH]c2ccc(-c3ccccc3C3=C=CC=CC=C3)cc12)c1cccc2c1sc1ccccc12.